The Kier molecular flexibility index (Phi) is 4.47. The predicted octanol–water partition coefficient (Wildman–Crippen LogP) is 2.43. The average Bonchev–Trinajstić information content (AvgIpc) is 2.46. The van der Waals surface area contributed by atoms with E-state index < -0.39 is 30.3 Å². The minimum Gasteiger partial charge on any atom is -0.395 e. The maximum atomic E-state index is 13.9. The zero-order chi connectivity index (χ0) is 14.6. The summed E-state index contributed by atoms with van der Waals surface area (Å²) < 4.78 is 27.2. The van der Waals surface area contributed by atoms with Crippen molar-refractivity contribution in [2.45, 2.75) is 11.8 Å². The summed E-state index contributed by atoms with van der Waals surface area (Å²) in [6, 6.07) is 11.9. The van der Waals surface area contributed by atoms with Gasteiger partial charge in [0.2, 0.25) is 0 Å². The van der Waals surface area contributed by atoms with Crippen LogP contribution in [0.25, 0.3) is 0 Å². The third kappa shape index (κ3) is 2.86. The molecule has 0 amide bonds. The van der Waals surface area contributed by atoms with Crippen molar-refractivity contribution >= 4 is 0 Å². The summed E-state index contributed by atoms with van der Waals surface area (Å²) >= 11 is 0. The fourth-order valence-electron chi connectivity index (χ4n) is 2.36. The Labute approximate surface area is 116 Å². The van der Waals surface area contributed by atoms with Crippen LogP contribution in [0.3, 0.4) is 0 Å². The topological polar surface area (TPSA) is 40.5 Å². The third-order valence-electron chi connectivity index (χ3n) is 3.48. The predicted molar refractivity (Wildman–Crippen MR) is 72.4 cm³/mol. The van der Waals surface area contributed by atoms with Crippen molar-refractivity contribution in [1.29, 1.82) is 0 Å². The fraction of sp³-hybridized carbons (Fsp3) is 0.250. The van der Waals surface area contributed by atoms with Gasteiger partial charge in [0, 0.05) is 5.41 Å². The Balaban J connectivity index is 2.42. The number of hydrogen-bond acceptors (Lipinski definition) is 2. The molecule has 0 saturated carbocycles. The van der Waals surface area contributed by atoms with Gasteiger partial charge in [-0.25, -0.2) is 8.78 Å². The normalized spacial score (nSPS) is 11.6. The van der Waals surface area contributed by atoms with Gasteiger partial charge in [-0.1, -0.05) is 30.3 Å². The van der Waals surface area contributed by atoms with E-state index >= 15 is 0 Å². The molecule has 2 aromatic carbocycles. The highest BCUT2D eigenvalue weighted by atomic mass is 19.1. The molecule has 0 aliphatic heterocycles. The summed E-state index contributed by atoms with van der Waals surface area (Å²) in [7, 11) is 0. The van der Waals surface area contributed by atoms with Crippen molar-refractivity contribution in [1.82, 2.24) is 0 Å². The van der Waals surface area contributed by atoms with Gasteiger partial charge >= 0.3 is 0 Å². The van der Waals surface area contributed by atoms with Crippen LogP contribution in [0.2, 0.25) is 0 Å². The van der Waals surface area contributed by atoms with Gasteiger partial charge in [0.25, 0.3) is 0 Å². The quantitative estimate of drug-likeness (QED) is 0.882. The van der Waals surface area contributed by atoms with Crippen molar-refractivity contribution < 1.29 is 19.0 Å². The molecule has 0 radical (unpaired) electrons. The fourth-order valence-corrected chi connectivity index (χ4v) is 2.36. The molecule has 2 rings (SSSR count). The molecule has 0 unspecified atom stereocenters. The minimum atomic E-state index is -1.17. The lowest BCUT2D eigenvalue weighted by molar-refractivity contribution is 0.113. The second kappa shape index (κ2) is 6.11. The standard InChI is InChI=1S/C16H16F2O2/c17-13-5-3-4-12(8-13)9-16(10-19,11-20)14-6-1-2-7-15(14)18/h1-8,19-20H,9-11H2. The zero-order valence-electron chi connectivity index (χ0n) is 10.9. The number of aliphatic hydroxyl groups excluding tert-OH is 2. The van der Waals surface area contributed by atoms with Crippen LogP contribution in [0.4, 0.5) is 8.78 Å². The van der Waals surface area contributed by atoms with Crippen molar-refractivity contribution in [2.24, 2.45) is 0 Å². The number of halogens is 2. The molecule has 0 aliphatic rings. The van der Waals surface area contributed by atoms with Gasteiger partial charge in [-0.3, -0.25) is 0 Å². The molecule has 106 valence electrons. The van der Waals surface area contributed by atoms with E-state index in [1.165, 1.54) is 24.3 Å². The molecule has 0 heterocycles. The van der Waals surface area contributed by atoms with Crippen LogP contribution in [-0.4, -0.2) is 23.4 Å². The van der Waals surface area contributed by atoms with Gasteiger partial charge in [0.1, 0.15) is 11.6 Å². The van der Waals surface area contributed by atoms with Gasteiger partial charge in [-0.2, -0.15) is 0 Å². The van der Waals surface area contributed by atoms with Crippen molar-refractivity contribution in [3.8, 4) is 0 Å². The van der Waals surface area contributed by atoms with E-state index in [-0.39, 0.29) is 12.0 Å². The van der Waals surface area contributed by atoms with Crippen molar-refractivity contribution in [2.75, 3.05) is 13.2 Å². The van der Waals surface area contributed by atoms with Gasteiger partial charge < -0.3 is 10.2 Å². The first kappa shape index (κ1) is 14.6. The Morgan fingerprint density at radius 3 is 2.20 bits per heavy atom. The molecule has 2 nitrogen and oxygen atoms in total. The van der Waals surface area contributed by atoms with E-state index in [0.29, 0.717) is 5.56 Å². The number of hydrogen-bond donors (Lipinski definition) is 2. The molecule has 0 aromatic heterocycles. The van der Waals surface area contributed by atoms with Crippen LogP contribution in [0.5, 0.6) is 0 Å². The third-order valence-corrected chi connectivity index (χ3v) is 3.48. The first-order valence-corrected chi connectivity index (χ1v) is 6.32. The second-order valence-electron chi connectivity index (χ2n) is 4.88. The maximum absolute atomic E-state index is 13.9. The second-order valence-corrected chi connectivity index (χ2v) is 4.88. The lowest BCUT2D eigenvalue weighted by Gasteiger charge is -2.31. The summed E-state index contributed by atoms with van der Waals surface area (Å²) in [5, 5.41) is 19.3. The molecular formula is C16H16F2O2. The smallest absolute Gasteiger partial charge is 0.127 e. The van der Waals surface area contributed by atoms with E-state index in [9.17, 15) is 19.0 Å². The molecule has 0 saturated heterocycles. The van der Waals surface area contributed by atoms with E-state index in [4.69, 9.17) is 0 Å². The van der Waals surface area contributed by atoms with E-state index in [1.54, 1.807) is 24.3 Å². The van der Waals surface area contributed by atoms with Gasteiger partial charge in [-0.15, -0.1) is 0 Å². The molecular weight excluding hydrogens is 262 g/mol. The maximum Gasteiger partial charge on any atom is 0.127 e. The summed E-state index contributed by atoms with van der Waals surface area (Å²) in [6.45, 7) is -0.859. The molecule has 0 aliphatic carbocycles. The lowest BCUT2D eigenvalue weighted by Crippen LogP contribution is -2.38. The largest absolute Gasteiger partial charge is 0.395 e. The number of aliphatic hydroxyl groups is 2. The Bertz CT molecular complexity index is 580. The molecule has 0 fully saturated rings. The number of benzene rings is 2. The Morgan fingerprint density at radius 2 is 1.60 bits per heavy atom. The van der Waals surface area contributed by atoms with E-state index in [1.807, 2.05) is 0 Å². The van der Waals surface area contributed by atoms with Crippen LogP contribution in [0, 0.1) is 11.6 Å². The van der Waals surface area contributed by atoms with Crippen LogP contribution in [-0.2, 0) is 11.8 Å². The van der Waals surface area contributed by atoms with Gasteiger partial charge in [-0.05, 0) is 35.7 Å². The van der Waals surface area contributed by atoms with E-state index in [0.717, 1.165) is 0 Å². The van der Waals surface area contributed by atoms with Crippen molar-refractivity contribution in [3.63, 3.8) is 0 Å². The average molecular weight is 278 g/mol. The zero-order valence-corrected chi connectivity index (χ0v) is 10.9. The summed E-state index contributed by atoms with van der Waals surface area (Å²) in [5.41, 5.74) is -0.343. The monoisotopic (exact) mass is 278 g/mol. The van der Waals surface area contributed by atoms with E-state index in [2.05, 4.69) is 0 Å². The highest BCUT2D eigenvalue weighted by Gasteiger charge is 2.33. The molecule has 0 spiro atoms. The Hall–Kier alpha value is -1.78. The highest BCUT2D eigenvalue weighted by Crippen LogP contribution is 2.30. The number of rotatable bonds is 5. The molecule has 0 atom stereocenters. The van der Waals surface area contributed by atoms with Gasteiger partial charge in [0.15, 0.2) is 0 Å². The van der Waals surface area contributed by atoms with Crippen LogP contribution in [0.15, 0.2) is 48.5 Å². The first-order valence-electron chi connectivity index (χ1n) is 6.32. The lowest BCUT2D eigenvalue weighted by atomic mass is 9.76. The highest BCUT2D eigenvalue weighted by molar-refractivity contribution is 5.31. The summed E-state index contributed by atoms with van der Waals surface area (Å²) in [4.78, 5) is 0. The molecule has 2 N–H and O–H groups in total. The van der Waals surface area contributed by atoms with Crippen LogP contribution in [0.1, 0.15) is 11.1 Å². The molecule has 2 aromatic rings. The minimum absolute atomic E-state index is 0.151. The molecule has 4 heteroatoms. The van der Waals surface area contributed by atoms with Crippen molar-refractivity contribution in [3.05, 3.63) is 71.3 Å². The summed E-state index contributed by atoms with van der Waals surface area (Å²) in [6.07, 6.45) is 0.151. The first-order chi connectivity index (χ1) is 9.61. The summed E-state index contributed by atoms with van der Waals surface area (Å²) in [5.74, 6) is -0.896. The van der Waals surface area contributed by atoms with Crippen LogP contribution >= 0.6 is 0 Å². The SMILES string of the molecule is OCC(CO)(Cc1cccc(F)c1)c1ccccc1F. The molecule has 0 bridgehead atoms. The molecule has 20 heavy (non-hydrogen) atoms. The van der Waals surface area contributed by atoms with Gasteiger partial charge in [0.05, 0.1) is 13.2 Å². The van der Waals surface area contributed by atoms with Crippen LogP contribution < -0.4 is 0 Å². The Morgan fingerprint density at radius 1 is 0.900 bits per heavy atom.